The zero-order chi connectivity index (χ0) is 12.3. The van der Waals surface area contributed by atoms with Crippen LogP contribution in [-0.4, -0.2) is 19.6 Å². The molecule has 1 aromatic heterocycles. The Labute approximate surface area is 104 Å². The van der Waals surface area contributed by atoms with Crippen LogP contribution in [0.5, 0.6) is 0 Å². The van der Waals surface area contributed by atoms with Crippen molar-refractivity contribution in [2.75, 3.05) is 7.11 Å². The third-order valence-corrected chi connectivity index (χ3v) is 2.53. The molecule has 17 heavy (non-hydrogen) atoms. The van der Waals surface area contributed by atoms with Crippen molar-refractivity contribution in [2.24, 2.45) is 0 Å². The van der Waals surface area contributed by atoms with Gasteiger partial charge in [-0.05, 0) is 29.2 Å². The van der Waals surface area contributed by atoms with Gasteiger partial charge in [0.05, 0.1) is 12.1 Å². The minimum Gasteiger partial charge on any atom is -0.380 e. The quantitative estimate of drug-likeness (QED) is 0.782. The van der Waals surface area contributed by atoms with E-state index in [4.69, 9.17) is 16.3 Å². The SMILES string of the molecule is COCc1cnc2c([B]OF)cc(Cl)cc2c1. The Hall–Kier alpha value is -1.17. The van der Waals surface area contributed by atoms with Gasteiger partial charge in [-0.15, -0.1) is 0 Å². The molecular weight excluding hydrogens is 243 g/mol. The number of rotatable bonds is 4. The minimum absolute atomic E-state index is 0.466. The summed E-state index contributed by atoms with van der Waals surface area (Å²) >= 11 is 5.93. The Bertz CT molecular complexity index is 538. The zero-order valence-corrected chi connectivity index (χ0v) is 9.87. The molecule has 87 valence electrons. The van der Waals surface area contributed by atoms with E-state index in [1.54, 1.807) is 25.4 Å². The van der Waals surface area contributed by atoms with E-state index >= 15 is 0 Å². The number of halogens is 2. The van der Waals surface area contributed by atoms with Crippen LogP contribution in [-0.2, 0) is 16.2 Å². The van der Waals surface area contributed by atoms with Gasteiger partial charge in [-0.1, -0.05) is 16.1 Å². The van der Waals surface area contributed by atoms with Crippen molar-refractivity contribution >= 4 is 35.4 Å². The van der Waals surface area contributed by atoms with Gasteiger partial charge in [-0.3, -0.25) is 9.84 Å². The highest BCUT2D eigenvalue weighted by Crippen LogP contribution is 2.17. The number of aromatic nitrogens is 1. The summed E-state index contributed by atoms with van der Waals surface area (Å²) in [4.78, 5) is 7.76. The summed E-state index contributed by atoms with van der Waals surface area (Å²) in [5, 5.41) is 1.31. The molecule has 1 heterocycles. The first-order chi connectivity index (χ1) is 8.24. The van der Waals surface area contributed by atoms with Crippen molar-refractivity contribution in [1.29, 1.82) is 0 Å². The highest BCUT2D eigenvalue weighted by molar-refractivity contribution is 6.51. The van der Waals surface area contributed by atoms with E-state index in [1.165, 1.54) is 0 Å². The van der Waals surface area contributed by atoms with Gasteiger partial charge >= 0.3 is 7.48 Å². The van der Waals surface area contributed by atoms with Crippen molar-refractivity contribution < 1.29 is 14.1 Å². The van der Waals surface area contributed by atoms with Crippen LogP contribution < -0.4 is 5.46 Å². The van der Waals surface area contributed by atoms with Crippen LogP contribution in [0.25, 0.3) is 10.9 Å². The summed E-state index contributed by atoms with van der Waals surface area (Å²) in [7, 11) is 2.58. The van der Waals surface area contributed by atoms with Crippen LogP contribution >= 0.6 is 11.6 Å². The maximum Gasteiger partial charge on any atom is 0.391 e. The molecule has 0 amide bonds. The molecular formula is C11H9BClFNO2. The average molecular weight is 252 g/mol. The van der Waals surface area contributed by atoms with Gasteiger partial charge in [0.15, 0.2) is 0 Å². The van der Waals surface area contributed by atoms with Gasteiger partial charge in [-0.2, -0.15) is 0 Å². The normalized spacial score (nSPS) is 10.8. The Morgan fingerprint density at radius 2 is 2.24 bits per heavy atom. The van der Waals surface area contributed by atoms with E-state index in [0.717, 1.165) is 18.4 Å². The maximum absolute atomic E-state index is 11.9. The van der Waals surface area contributed by atoms with Gasteiger partial charge in [-0.25, -0.2) is 0 Å². The Kier molecular flexibility index (Phi) is 3.94. The highest BCUT2D eigenvalue weighted by atomic mass is 35.5. The summed E-state index contributed by atoms with van der Waals surface area (Å²) < 4.78 is 16.9. The number of benzene rings is 1. The molecule has 6 heteroatoms. The fraction of sp³-hybridized carbons (Fsp3) is 0.182. The van der Waals surface area contributed by atoms with Gasteiger partial charge in [0.1, 0.15) is 0 Å². The summed E-state index contributed by atoms with van der Waals surface area (Å²) in [5.41, 5.74) is 2.06. The third-order valence-electron chi connectivity index (χ3n) is 2.32. The molecule has 3 nitrogen and oxygen atoms in total. The molecule has 0 saturated heterocycles. The summed E-state index contributed by atoms with van der Waals surface area (Å²) in [6.45, 7) is 0.466. The van der Waals surface area contributed by atoms with Crippen LogP contribution in [0.15, 0.2) is 24.4 Å². The number of ether oxygens (including phenoxy) is 1. The highest BCUT2D eigenvalue weighted by Gasteiger charge is 2.08. The van der Waals surface area contributed by atoms with E-state index in [9.17, 15) is 4.53 Å². The van der Waals surface area contributed by atoms with E-state index in [1.807, 2.05) is 6.07 Å². The second kappa shape index (κ2) is 5.45. The van der Waals surface area contributed by atoms with Crippen LogP contribution in [0.4, 0.5) is 4.53 Å². The average Bonchev–Trinajstić information content (AvgIpc) is 2.29. The van der Waals surface area contributed by atoms with Crippen molar-refractivity contribution in [1.82, 2.24) is 4.98 Å². The molecule has 1 aromatic carbocycles. The molecule has 2 rings (SSSR count). The molecule has 0 aliphatic heterocycles. The van der Waals surface area contributed by atoms with Crippen molar-refractivity contribution in [3.8, 4) is 0 Å². The molecule has 1 radical (unpaired) electrons. The predicted molar refractivity (Wildman–Crippen MR) is 65.0 cm³/mol. The van der Waals surface area contributed by atoms with Crippen molar-refractivity contribution in [3.63, 3.8) is 0 Å². The van der Waals surface area contributed by atoms with E-state index in [0.29, 0.717) is 22.6 Å². The van der Waals surface area contributed by atoms with E-state index in [2.05, 4.69) is 9.84 Å². The monoisotopic (exact) mass is 252 g/mol. The topological polar surface area (TPSA) is 31.4 Å². The molecule has 2 aromatic rings. The first kappa shape index (κ1) is 12.3. The van der Waals surface area contributed by atoms with Crippen molar-refractivity contribution in [2.45, 2.75) is 6.61 Å². The zero-order valence-electron chi connectivity index (χ0n) is 9.11. The lowest BCUT2D eigenvalue weighted by Gasteiger charge is -2.06. The molecule has 0 N–H and O–H groups in total. The minimum atomic E-state index is 0.466. The van der Waals surface area contributed by atoms with Gasteiger partial charge in [0.25, 0.3) is 0 Å². The Morgan fingerprint density at radius 1 is 1.41 bits per heavy atom. The second-order valence-corrected chi connectivity index (χ2v) is 3.99. The fourth-order valence-electron chi connectivity index (χ4n) is 1.67. The Balaban J connectivity index is 2.54. The first-order valence-corrected chi connectivity index (χ1v) is 5.30. The second-order valence-electron chi connectivity index (χ2n) is 3.55. The lowest BCUT2D eigenvalue weighted by Crippen LogP contribution is -2.17. The number of methoxy groups -OCH3 is 1. The van der Waals surface area contributed by atoms with Crippen LogP contribution in [0.1, 0.15) is 5.56 Å². The van der Waals surface area contributed by atoms with Crippen LogP contribution in [0.3, 0.4) is 0 Å². The molecule has 0 fully saturated rings. The van der Waals surface area contributed by atoms with Gasteiger partial charge in [0.2, 0.25) is 0 Å². The number of nitrogens with zero attached hydrogens (tertiary/aromatic N) is 1. The molecule has 0 atom stereocenters. The molecule has 0 unspecified atom stereocenters. The number of hydrogen-bond donors (Lipinski definition) is 0. The largest absolute Gasteiger partial charge is 0.391 e. The Morgan fingerprint density at radius 3 is 2.94 bits per heavy atom. The first-order valence-electron chi connectivity index (χ1n) is 4.92. The standard InChI is InChI=1S/C11H9BClFNO2/c1-16-6-7-2-8-3-9(13)4-10(12-17-14)11(8)15-5-7/h2-5H,6H2,1H3. The van der Waals surface area contributed by atoms with Gasteiger partial charge < -0.3 is 4.74 Å². The molecule has 0 aliphatic carbocycles. The van der Waals surface area contributed by atoms with Crippen LogP contribution in [0, 0.1) is 0 Å². The van der Waals surface area contributed by atoms with E-state index in [-0.39, 0.29) is 0 Å². The third kappa shape index (κ3) is 2.75. The van der Waals surface area contributed by atoms with Gasteiger partial charge in [0, 0.05) is 23.7 Å². The lowest BCUT2D eigenvalue weighted by atomic mass is 9.86. The number of pyridine rings is 1. The lowest BCUT2D eigenvalue weighted by molar-refractivity contribution is 0.000186. The smallest absolute Gasteiger partial charge is 0.380 e. The number of fused-ring (bicyclic) bond motifs is 1. The fourth-order valence-corrected chi connectivity index (χ4v) is 1.90. The van der Waals surface area contributed by atoms with Crippen molar-refractivity contribution in [3.05, 3.63) is 35.0 Å². The molecule has 0 spiro atoms. The van der Waals surface area contributed by atoms with E-state index < -0.39 is 0 Å². The molecule has 0 aliphatic rings. The predicted octanol–water partition coefficient (Wildman–Crippen LogP) is 2.18. The van der Waals surface area contributed by atoms with Crippen LogP contribution in [0.2, 0.25) is 5.02 Å². The maximum atomic E-state index is 11.9. The summed E-state index contributed by atoms with van der Waals surface area (Å²) in [6, 6.07) is 5.25. The molecule has 0 bridgehead atoms. The number of hydrogen-bond acceptors (Lipinski definition) is 3. The summed E-state index contributed by atoms with van der Waals surface area (Å²) in [5.74, 6) is 0. The summed E-state index contributed by atoms with van der Waals surface area (Å²) in [6.07, 6.45) is 1.68. The molecule has 0 saturated carbocycles.